The molecule has 3 heterocycles. The van der Waals surface area contributed by atoms with E-state index in [0.29, 0.717) is 5.56 Å². The molecule has 0 spiro atoms. The van der Waals surface area contributed by atoms with Crippen molar-refractivity contribution in [3.63, 3.8) is 0 Å². The average molecular weight is 393 g/mol. The van der Waals surface area contributed by atoms with Crippen molar-refractivity contribution in [2.24, 2.45) is 0 Å². The van der Waals surface area contributed by atoms with Gasteiger partial charge in [-0.05, 0) is 44.0 Å². The Hall–Kier alpha value is -2.77. The fraction of sp³-hybridized carbons (Fsp3) is 0.409. The van der Waals surface area contributed by atoms with Gasteiger partial charge in [0, 0.05) is 37.6 Å². The predicted molar refractivity (Wildman–Crippen MR) is 113 cm³/mol. The van der Waals surface area contributed by atoms with Gasteiger partial charge in [-0.1, -0.05) is 12.1 Å². The third-order valence-corrected chi connectivity index (χ3v) is 5.26. The van der Waals surface area contributed by atoms with Crippen LogP contribution in [0, 0.1) is 0 Å². The zero-order valence-electron chi connectivity index (χ0n) is 17.0. The Morgan fingerprint density at radius 3 is 2.66 bits per heavy atom. The van der Waals surface area contributed by atoms with Gasteiger partial charge in [-0.3, -0.25) is 9.69 Å². The predicted octanol–water partition coefficient (Wildman–Crippen LogP) is 3.14. The van der Waals surface area contributed by atoms with E-state index < -0.39 is 0 Å². The van der Waals surface area contributed by atoms with Gasteiger partial charge in [0.15, 0.2) is 5.65 Å². The Kier molecular flexibility index (Phi) is 5.87. The minimum absolute atomic E-state index is 0.181. The van der Waals surface area contributed by atoms with Gasteiger partial charge in [0.2, 0.25) is 0 Å². The number of rotatable bonds is 6. The lowest BCUT2D eigenvalue weighted by Crippen LogP contribution is -2.37. The van der Waals surface area contributed by atoms with Crippen molar-refractivity contribution in [3.05, 3.63) is 54.0 Å². The molecule has 2 aromatic heterocycles. The van der Waals surface area contributed by atoms with Crippen LogP contribution in [0.15, 0.2) is 42.9 Å². The SMILES string of the molecule is CC(C)n1cnc2cc(C(=O)Nc3ccc(CCN4CCOCC4)cc3)cnc21. The quantitative estimate of drug-likeness (QED) is 0.697. The number of aromatic nitrogens is 3. The third-order valence-electron chi connectivity index (χ3n) is 5.26. The molecular formula is C22H27N5O2. The van der Waals surface area contributed by atoms with Crippen molar-refractivity contribution in [2.75, 3.05) is 38.2 Å². The first-order valence-electron chi connectivity index (χ1n) is 10.1. The summed E-state index contributed by atoms with van der Waals surface area (Å²) in [6.07, 6.45) is 4.36. The summed E-state index contributed by atoms with van der Waals surface area (Å²) in [7, 11) is 0. The number of pyridine rings is 1. The second-order valence-corrected chi connectivity index (χ2v) is 7.67. The van der Waals surface area contributed by atoms with E-state index in [4.69, 9.17) is 4.74 Å². The number of nitrogens with zero attached hydrogens (tertiary/aromatic N) is 4. The van der Waals surface area contributed by atoms with E-state index in [-0.39, 0.29) is 11.9 Å². The minimum atomic E-state index is -0.181. The van der Waals surface area contributed by atoms with Crippen LogP contribution in [0.4, 0.5) is 5.69 Å². The molecule has 1 N–H and O–H groups in total. The molecule has 1 amide bonds. The molecule has 1 aliphatic rings. The van der Waals surface area contributed by atoms with Crippen LogP contribution >= 0.6 is 0 Å². The van der Waals surface area contributed by atoms with E-state index >= 15 is 0 Å². The normalized spacial score (nSPS) is 15.1. The molecule has 1 aromatic carbocycles. The van der Waals surface area contributed by atoms with Crippen molar-refractivity contribution in [1.29, 1.82) is 0 Å². The summed E-state index contributed by atoms with van der Waals surface area (Å²) in [5, 5.41) is 2.94. The van der Waals surface area contributed by atoms with Gasteiger partial charge in [-0.2, -0.15) is 0 Å². The molecule has 3 aromatic rings. The summed E-state index contributed by atoms with van der Waals surface area (Å²) in [5.41, 5.74) is 4.06. The topological polar surface area (TPSA) is 72.3 Å². The van der Waals surface area contributed by atoms with E-state index in [0.717, 1.165) is 56.1 Å². The van der Waals surface area contributed by atoms with E-state index in [9.17, 15) is 4.79 Å². The van der Waals surface area contributed by atoms with Crippen LogP contribution in [0.2, 0.25) is 0 Å². The molecule has 0 radical (unpaired) electrons. The van der Waals surface area contributed by atoms with Crippen molar-refractivity contribution in [1.82, 2.24) is 19.4 Å². The summed E-state index contributed by atoms with van der Waals surface area (Å²) in [6.45, 7) is 8.84. The highest BCUT2D eigenvalue weighted by molar-refractivity contribution is 6.05. The highest BCUT2D eigenvalue weighted by atomic mass is 16.5. The lowest BCUT2D eigenvalue weighted by Gasteiger charge is -2.26. The molecule has 1 aliphatic heterocycles. The van der Waals surface area contributed by atoms with Gasteiger partial charge in [0.25, 0.3) is 5.91 Å². The lowest BCUT2D eigenvalue weighted by atomic mass is 10.1. The van der Waals surface area contributed by atoms with Crippen LogP contribution in [-0.4, -0.2) is 58.2 Å². The molecule has 1 fully saturated rings. The molecule has 1 saturated heterocycles. The van der Waals surface area contributed by atoms with E-state index in [2.05, 4.69) is 46.2 Å². The molecule has 0 unspecified atom stereocenters. The Morgan fingerprint density at radius 2 is 1.93 bits per heavy atom. The first kappa shape index (κ1) is 19.5. The first-order chi connectivity index (χ1) is 14.1. The van der Waals surface area contributed by atoms with Gasteiger partial charge < -0.3 is 14.6 Å². The second kappa shape index (κ2) is 8.71. The number of anilines is 1. The Labute approximate surface area is 170 Å². The highest BCUT2D eigenvalue weighted by Crippen LogP contribution is 2.18. The molecular weight excluding hydrogens is 366 g/mol. The summed E-state index contributed by atoms with van der Waals surface area (Å²) in [4.78, 5) is 23.8. The maximum Gasteiger partial charge on any atom is 0.257 e. The second-order valence-electron chi connectivity index (χ2n) is 7.67. The Balaban J connectivity index is 1.37. The van der Waals surface area contributed by atoms with E-state index in [1.165, 1.54) is 5.56 Å². The van der Waals surface area contributed by atoms with Crippen LogP contribution in [0.1, 0.15) is 35.8 Å². The number of fused-ring (bicyclic) bond motifs is 1. The number of morpholine rings is 1. The number of imidazole rings is 1. The fourth-order valence-corrected chi connectivity index (χ4v) is 3.49. The average Bonchev–Trinajstić information content (AvgIpc) is 3.17. The molecule has 7 heteroatoms. The number of benzene rings is 1. The van der Waals surface area contributed by atoms with Crippen molar-refractivity contribution >= 4 is 22.8 Å². The molecule has 152 valence electrons. The van der Waals surface area contributed by atoms with Crippen molar-refractivity contribution in [3.8, 4) is 0 Å². The zero-order valence-corrected chi connectivity index (χ0v) is 17.0. The zero-order chi connectivity index (χ0) is 20.2. The third kappa shape index (κ3) is 4.63. The first-order valence-corrected chi connectivity index (χ1v) is 10.1. The summed E-state index contributed by atoms with van der Waals surface area (Å²) in [6, 6.07) is 10.1. The van der Waals surface area contributed by atoms with Crippen LogP contribution in [0.5, 0.6) is 0 Å². The number of hydrogen-bond donors (Lipinski definition) is 1. The number of amides is 1. The molecule has 7 nitrogen and oxygen atoms in total. The smallest absolute Gasteiger partial charge is 0.257 e. The maximum atomic E-state index is 12.6. The standard InChI is InChI=1S/C22H27N5O2/c1-16(2)27-15-24-20-13-18(14-23-21(20)27)22(28)25-19-5-3-17(4-6-19)7-8-26-9-11-29-12-10-26/h3-6,13-16H,7-12H2,1-2H3,(H,25,28). The monoisotopic (exact) mass is 393 g/mol. The summed E-state index contributed by atoms with van der Waals surface area (Å²) in [5.74, 6) is -0.181. The van der Waals surface area contributed by atoms with Crippen LogP contribution in [-0.2, 0) is 11.2 Å². The number of nitrogens with one attached hydrogen (secondary N) is 1. The van der Waals surface area contributed by atoms with E-state index in [1.54, 1.807) is 18.6 Å². The molecule has 0 saturated carbocycles. The van der Waals surface area contributed by atoms with Crippen molar-refractivity contribution < 1.29 is 9.53 Å². The van der Waals surface area contributed by atoms with Gasteiger partial charge in [0.1, 0.15) is 5.52 Å². The molecule has 0 atom stereocenters. The maximum absolute atomic E-state index is 12.6. The number of carbonyl (C=O) groups is 1. The summed E-state index contributed by atoms with van der Waals surface area (Å²) >= 11 is 0. The molecule has 29 heavy (non-hydrogen) atoms. The molecule has 0 aliphatic carbocycles. The van der Waals surface area contributed by atoms with Crippen LogP contribution in [0.25, 0.3) is 11.2 Å². The van der Waals surface area contributed by atoms with Crippen molar-refractivity contribution in [2.45, 2.75) is 26.3 Å². The minimum Gasteiger partial charge on any atom is -0.379 e. The lowest BCUT2D eigenvalue weighted by molar-refractivity contribution is 0.0384. The molecule has 4 rings (SSSR count). The fourth-order valence-electron chi connectivity index (χ4n) is 3.49. The van der Waals surface area contributed by atoms with Crippen LogP contribution in [0.3, 0.4) is 0 Å². The number of ether oxygens (including phenoxy) is 1. The Bertz CT molecular complexity index is 975. The van der Waals surface area contributed by atoms with Gasteiger partial charge in [-0.15, -0.1) is 0 Å². The van der Waals surface area contributed by atoms with Gasteiger partial charge in [0.05, 0.1) is 25.1 Å². The number of carbonyl (C=O) groups excluding carboxylic acids is 1. The highest BCUT2D eigenvalue weighted by Gasteiger charge is 2.13. The van der Waals surface area contributed by atoms with Crippen LogP contribution < -0.4 is 5.32 Å². The van der Waals surface area contributed by atoms with Gasteiger partial charge in [-0.25, -0.2) is 9.97 Å². The Morgan fingerprint density at radius 1 is 1.17 bits per heavy atom. The van der Waals surface area contributed by atoms with Gasteiger partial charge >= 0.3 is 0 Å². The molecule has 0 bridgehead atoms. The largest absolute Gasteiger partial charge is 0.379 e. The van der Waals surface area contributed by atoms with E-state index in [1.807, 2.05) is 16.7 Å². The number of hydrogen-bond acceptors (Lipinski definition) is 5. The summed E-state index contributed by atoms with van der Waals surface area (Å²) < 4.78 is 7.38.